The van der Waals surface area contributed by atoms with Gasteiger partial charge in [0.25, 0.3) is 11.5 Å². The molecule has 0 radical (unpaired) electrons. The summed E-state index contributed by atoms with van der Waals surface area (Å²) in [7, 11) is 1.57. The second-order valence-corrected chi connectivity index (χ2v) is 6.75. The van der Waals surface area contributed by atoms with Gasteiger partial charge in [-0.1, -0.05) is 6.92 Å². The highest BCUT2D eigenvalue weighted by molar-refractivity contribution is 7.10. The molecular weight excluding hydrogens is 326 g/mol. The van der Waals surface area contributed by atoms with Crippen molar-refractivity contribution in [3.05, 3.63) is 50.1 Å². The summed E-state index contributed by atoms with van der Waals surface area (Å²) < 4.78 is 6.28. The first-order valence-corrected chi connectivity index (χ1v) is 8.98. The summed E-state index contributed by atoms with van der Waals surface area (Å²) in [5, 5.41) is 6.32. The number of thiophene rings is 1. The third-order valence-corrected chi connectivity index (χ3v) is 5.33. The molecule has 1 atom stereocenters. The first-order chi connectivity index (χ1) is 11.7. The highest BCUT2D eigenvalue weighted by Gasteiger charge is 2.31. The van der Waals surface area contributed by atoms with E-state index in [-0.39, 0.29) is 17.5 Å². The second kappa shape index (κ2) is 7.27. The second-order valence-electron chi connectivity index (χ2n) is 5.74. The first kappa shape index (κ1) is 16.9. The van der Waals surface area contributed by atoms with Crippen LogP contribution in [0.5, 0.6) is 0 Å². The fraction of sp³-hybridized carbons (Fsp3) is 0.471. The minimum Gasteiger partial charge on any atom is -0.383 e. The average molecular weight is 347 g/mol. The molecule has 1 aliphatic heterocycles. The molecule has 128 valence electrons. The first-order valence-electron chi connectivity index (χ1n) is 8.10. The van der Waals surface area contributed by atoms with Crippen molar-refractivity contribution in [2.45, 2.75) is 32.4 Å². The predicted octanol–water partition coefficient (Wildman–Crippen LogP) is 2.10. The quantitative estimate of drug-likeness (QED) is 0.831. The Balaban J connectivity index is 1.87. The molecule has 0 spiro atoms. The van der Waals surface area contributed by atoms with Gasteiger partial charge in [0.1, 0.15) is 5.69 Å². The molecule has 0 N–H and O–H groups in total. The van der Waals surface area contributed by atoms with Crippen LogP contribution in [0.2, 0.25) is 0 Å². The van der Waals surface area contributed by atoms with Gasteiger partial charge in [0.15, 0.2) is 0 Å². The number of amides is 1. The average Bonchev–Trinajstić information content (AvgIpc) is 3.08. The lowest BCUT2D eigenvalue weighted by molar-refractivity contribution is 0.0647. The van der Waals surface area contributed by atoms with Gasteiger partial charge in [0, 0.05) is 24.6 Å². The van der Waals surface area contributed by atoms with Crippen LogP contribution in [0.3, 0.4) is 0 Å². The zero-order chi connectivity index (χ0) is 17.1. The molecule has 2 aromatic heterocycles. The third-order valence-electron chi connectivity index (χ3n) is 4.34. The molecule has 2 aromatic rings. The van der Waals surface area contributed by atoms with Crippen molar-refractivity contribution in [1.82, 2.24) is 14.7 Å². The number of nitrogens with zero attached hydrogens (tertiary/aromatic N) is 3. The van der Waals surface area contributed by atoms with Crippen molar-refractivity contribution in [2.75, 3.05) is 20.3 Å². The van der Waals surface area contributed by atoms with E-state index in [1.54, 1.807) is 18.4 Å². The van der Waals surface area contributed by atoms with Crippen LogP contribution in [0.15, 0.2) is 28.4 Å². The molecule has 0 fully saturated rings. The maximum atomic E-state index is 13.0. The van der Waals surface area contributed by atoms with Crippen molar-refractivity contribution in [3.63, 3.8) is 0 Å². The molecule has 0 aromatic carbocycles. The molecule has 6 nitrogen and oxygen atoms in total. The largest absolute Gasteiger partial charge is 0.383 e. The van der Waals surface area contributed by atoms with Crippen LogP contribution in [0.4, 0.5) is 0 Å². The molecule has 1 amide bonds. The number of ether oxygens (including phenoxy) is 1. The molecule has 3 heterocycles. The topological polar surface area (TPSA) is 64.4 Å². The fourth-order valence-electron chi connectivity index (χ4n) is 3.13. The summed E-state index contributed by atoms with van der Waals surface area (Å²) in [6.45, 7) is 3.49. The summed E-state index contributed by atoms with van der Waals surface area (Å²) >= 11 is 1.75. The standard InChI is InChI=1S/C17H21N3O3S/c1-3-14-12-7-11-24-15(12)6-8-19(14)17(22)13-4-5-16(21)20(18-13)9-10-23-2/h4-5,7,11,14H,3,6,8-10H2,1-2H3. The van der Waals surface area contributed by atoms with Crippen molar-refractivity contribution in [1.29, 1.82) is 0 Å². The molecule has 0 saturated carbocycles. The molecule has 1 unspecified atom stereocenters. The van der Waals surface area contributed by atoms with Gasteiger partial charge in [-0.25, -0.2) is 4.68 Å². The summed E-state index contributed by atoms with van der Waals surface area (Å²) in [4.78, 5) is 28.0. The summed E-state index contributed by atoms with van der Waals surface area (Å²) in [5.41, 5.74) is 1.33. The Morgan fingerprint density at radius 1 is 1.42 bits per heavy atom. The molecule has 1 aliphatic rings. The van der Waals surface area contributed by atoms with Crippen molar-refractivity contribution < 1.29 is 9.53 Å². The zero-order valence-electron chi connectivity index (χ0n) is 13.9. The van der Waals surface area contributed by atoms with Crippen LogP contribution in [0.25, 0.3) is 0 Å². The number of hydrogen-bond acceptors (Lipinski definition) is 5. The van der Waals surface area contributed by atoms with E-state index in [9.17, 15) is 9.59 Å². The Morgan fingerprint density at radius 2 is 2.25 bits per heavy atom. The van der Waals surface area contributed by atoms with Gasteiger partial charge in [-0.2, -0.15) is 5.10 Å². The van der Waals surface area contributed by atoms with Gasteiger partial charge in [-0.15, -0.1) is 11.3 Å². The van der Waals surface area contributed by atoms with E-state index in [1.807, 2.05) is 4.90 Å². The van der Waals surface area contributed by atoms with Gasteiger partial charge < -0.3 is 9.64 Å². The number of carbonyl (C=O) groups is 1. The minimum absolute atomic E-state index is 0.0775. The number of rotatable bonds is 5. The SMILES string of the molecule is CCC1c2ccsc2CCN1C(=O)c1ccc(=O)n(CCOC)n1. The summed E-state index contributed by atoms with van der Waals surface area (Å²) in [6, 6.07) is 5.11. The lowest BCUT2D eigenvalue weighted by atomic mass is 9.97. The Hall–Kier alpha value is -1.99. The van der Waals surface area contributed by atoms with E-state index in [1.165, 1.54) is 27.3 Å². The Bertz CT molecular complexity index is 783. The molecule has 0 saturated heterocycles. The van der Waals surface area contributed by atoms with Crippen LogP contribution in [0, 0.1) is 0 Å². The summed E-state index contributed by atoms with van der Waals surface area (Å²) in [5.74, 6) is -0.120. The van der Waals surface area contributed by atoms with Crippen molar-refractivity contribution in [3.8, 4) is 0 Å². The highest BCUT2D eigenvalue weighted by Crippen LogP contribution is 2.35. The summed E-state index contributed by atoms with van der Waals surface area (Å²) in [6.07, 6.45) is 1.73. The van der Waals surface area contributed by atoms with E-state index in [2.05, 4.69) is 23.5 Å². The number of methoxy groups -OCH3 is 1. The molecule has 0 aliphatic carbocycles. The number of aromatic nitrogens is 2. The van der Waals surface area contributed by atoms with Gasteiger partial charge in [0.2, 0.25) is 0 Å². The zero-order valence-corrected chi connectivity index (χ0v) is 14.7. The maximum Gasteiger partial charge on any atom is 0.274 e. The fourth-order valence-corrected chi connectivity index (χ4v) is 4.06. The minimum atomic E-state index is -0.227. The van der Waals surface area contributed by atoms with E-state index in [4.69, 9.17) is 4.74 Å². The maximum absolute atomic E-state index is 13.0. The Labute approximate surface area is 144 Å². The lowest BCUT2D eigenvalue weighted by Crippen LogP contribution is -2.40. The van der Waals surface area contributed by atoms with Crippen LogP contribution < -0.4 is 5.56 Å². The van der Waals surface area contributed by atoms with Crippen LogP contribution in [-0.4, -0.2) is 40.8 Å². The van der Waals surface area contributed by atoms with Crippen molar-refractivity contribution in [2.24, 2.45) is 0 Å². The molecule has 0 bridgehead atoms. The van der Waals surface area contributed by atoms with Gasteiger partial charge >= 0.3 is 0 Å². The Kier molecular flexibility index (Phi) is 5.11. The molecule has 24 heavy (non-hydrogen) atoms. The van der Waals surface area contributed by atoms with Crippen molar-refractivity contribution >= 4 is 17.2 Å². The van der Waals surface area contributed by atoms with E-state index >= 15 is 0 Å². The highest BCUT2D eigenvalue weighted by atomic mass is 32.1. The van der Waals surface area contributed by atoms with Gasteiger partial charge in [-0.3, -0.25) is 9.59 Å². The third kappa shape index (κ3) is 3.14. The van der Waals surface area contributed by atoms with Crippen LogP contribution in [-0.2, 0) is 17.7 Å². The molecule has 7 heteroatoms. The monoisotopic (exact) mass is 347 g/mol. The molecular formula is C17H21N3O3S. The normalized spacial score (nSPS) is 16.9. The number of hydrogen-bond donors (Lipinski definition) is 0. The van der Waals surface area contributed by atoms with E-state index in [0.717, 1.165) is 12.8 Å². The van der Waals surface area contributed by atoms with Crippen LogP contribution >= 0.6 is 11.3 Å². The van der Waals surface area contributed by atoms with E-state index in [0.29, 0.717) is 25.4 Å². The molecule has 3 rings (SSSR count). The van der Waals surface area contributed by atoms with Gasteiger partial charge in [-0.05, 0) is 35.9 Å². The number of carbonyl (C=O) groups excluding carboxylic acids is 1. The van der Waals surface area contributed by atoms with Crippen LogP contribution in [0.1, 0.15) is 40.3 Å². The number of fused-ring (bicyclic) bond motifs is 1. The smallest absolute Gasteiger partial charge is 0.274 e. The van der Waals surface area contributed by atoms with Gasteiger partial charge in [0.05, 0.1) is 19.2 Å². The predicted molar refractivity (Wildman–Crippen MR) is 92.5 cm³/mol. The Morgan fingerprint density at radius 3 is 3.00 bits per heavy atom. The van der Waals surface area contributed by atoms with E-state index < -0.39 is 0 Å². The lowest BCUT2D eigenvalue weighted by Gasteiger charge is -2.35.